The van der Waals surface area contributed by atoms with Gasteiger partial charge in [-0.05, 0) is 25.7 Å². The Kier molecular flexibility index (Phi) is 9.76. The van der Waals surface area contributed by atoms with Gasteiger partial charge in [0.25, 0.3) is 0 Å². The summed E-state index contributed by atoms with van der Waals surface area (Å²) in [4.78, 5) is 28.0. The van der Waals surface area contributed by atoms with Crippen LogP contribution in [-0.2, 0) is 4.79 Å². The highest BCUT2D eigenvalue weighted by Crippen LogP contribution is 2.09. The number of hydrogen-bond acceptors (Lipinski definition) is 3. The molecule has 0 aromatic carbocycles. The van der Waals surface area contributed by atoms with Crippen LogP contribution in [0.15, 0.2) is 0 Å². The fourth-order valence-electron chi connectivity index (χ4n) is 2.84. The van der Waals surface area contributed by atoms with Crippen molar-refractivity contribution in [2.45, 2.75) is 59.4 Å². The first-order valence-electron chi connectivity index (χ1n) is 9.46. The van der Waals surface area contributed by atoms with Crippen LogP contribution in [0.25, 0.3) is 0 Å². The number of urea groups is 1. The van der Waals surface area contributed by atoms with E-state index in [1.807, 2.05) is 11.8 Å². The summed E-state index contributed by atoms with van der Waals surface area (Å²) in [6, 6.07) is 0.247. The third-order valence-corrected chi connectivity index (χ3v) is 4.39. The first-order chi connectivity index (χ1) is 11.4. The number of hydrogen-bond donors (Lipinski definition) is 2. The van der Waals surface area contributed by atoms with E-state index in [9.17, 15) is 9.59 Å². The SMILES string of the molecule is CCCNC(=O)CN1CCN(C(=O)NC(C)CCCC(C)C)CC1. The smallest absolute Gasteiger partial charge is 0.317 e. The van der Waals surface area contributed by atoms with Gasteiger partial charge in [-0.1, -0.05) is 33.6 Å². The molecule has 1 heterocycles. The molecule has 0 bridgehead atoms. The monoisotopic (exact) mass is 340 g/mol. The minimum atomic E-state index is 0.0298. The molecular weight excluding hydrogens is 304 g/mol. The molecule has 6 nitrogen and oxygen atoms in total. The lowest BCUT2D eigenvalue weighted by atomic mass is 10.0. The van der Waals surface area contributed by atoms with Crippen LogP contribution >= 0.6 is 0 Å². The molecule has 1 aliphatic heterocycles. The summed E-state index contributed by atoms with van der Waals surface area (Å²) in [6.45, 7) is 12.6. The predicted octanol–water partition coefficient (Wildman–Crippen LogP) is 2.05. The zero-order chi connectivity index (χ0) is 17.9. The molecule has 0 aliphatic carbocycles. The van der Waals surface area contributed by atoms with Crippen LogP contribution in [0.4, 0.5) is 4.79 Å². The Morgan fingerprint density at radius 2 is 1.71 bits per heavy atom. The maximum absolute atomic E-state index is 12.3. The molecule has 140 valence electrons. The van der Waals surface area contributed by atoms with Gasteiger partial charge in [0.05, 0.1) is 6.54 Å². The molecule has 2 N–H and O–H groups in total. The van der Waals surface area contributed by atoms with Crippen molar-refractivity contribution >= 4 is 11.9 Å². The molecule has 0 spiro atoms. The van der Waals surface area contributed by atoms with E-state index in [1.54, 1.807) is 0 Å². The molecule has 3 amide bonds. The molecule has 1 fully saturated rings. The average molecular weight is 341 g/mol. The lowest BCUT2D eigenvalue weighted by molar-refractivity contribution is -0.122. The third kappa shape index (κ3) is 8.52. The summed E-state index contributed by atoms with van der Waals surface area (Å²) in [5, 5.41) is 5.99. The van der Waals surface area contributed by atoms with Gasteiger partial charge in [-0.25, -0.2) is 4.79 Å². The zero-order valence-corrected chi connectivity index (χ0v) is 15.9. The number of nitrogens with one attached hydrogen (secondary N) is 2. The highest BCUT2D eigenvalue weighted by molar-refractivity contribution is 5.78. The number of carbonyl (C=O) groups excluding carboxylic acids is 2. The van der Waals surface area contributed by atoms with Crippen LogP contribution in [0.2, 0.25) is 0 Å². The summed E-state index contributed by atoms with van der Waals surface area (Å²) in [5.41, 5.74) is 0. The van der Waals surface area contributed by atoms with Gasteiger partial charge >= 0.3 is 6.03 Å². The molecule has 1 rings (SSSR count). The predicted molar refractivity (Wildman–Crippen MR) is 98.0 cm³/mol. The van der Waals surface area contributed by atoms with E-state index in [0.717, 1.165) is 44.8 Å². The quantitative estimate of drug-likeness (QED) is 0.675. The molecule has 0 aromatic heterocycles. The van der Waals surface area contributed by atoms with Gasteiger partial charge in [-0.15, -0.1) is 0 Å². The van der Waals surface area contributed by atoms with E-state index in [-0.39, 0.29) is 18.0 Å². The average Bonchev–Trinajstić information content (AvgIpc) is 2.53. The lowest BCUT2D eigenvalue weighted by Gasteiger charge is -2.34. The molecular formula is C18H36N4O2. The fourth-order valence-corrected chi connectivity index (χ4v) is 2.84. The van der Waals surface area contributed by atoms with Crippen molar-refractivity contribution in [2.75, 3.05) is 39.3 Å². The number of rotatable bonds is 9. The Hall–Kier alpha value is -1.30. The fraction of sp³-hybridized carbons (Fsp3) is 0.889. The van der Waals surface area contributed by atoms with Gasteiger partial charge in [-0.2, -0.15) is 0 Å². The van der Waals surface area contributed by atoms with Crippen molar-refractivity contribution in [3.05, 3.63) is 0 Å². The van der Waals surface area contributed by atoms with Crippen molar-refractivity contribution in [2.24, 2.45) is 5.92 Å². The molecule has 1 atom stereocenters. The Labute approximate surface area is 147 Å². The third-order valence-electron chi connectivity index (χ3n) is 4.39. The minimum Gasteiger partial charge on any atom is -0.355 e. The number of piperazine rings is 1. The topological polar surface area (TPSA) is 64.7 Å². The van der Waals surface area contributed by atoms with E-state index in [4.69, 9.17) is 0 Å². The highest BCUT2D eigenvalue weighted by Gasteiger charge is 2.23. The Morgan fingerprint density at radius 3 is 2.29 bits per heavy atom. The van der Waals surface area contributed by atoms with E-state index in [0.29, 0.717) is 19.6 Å². The molecule has 0 aromatic rings. The van der Waals surface area contributed by atoms with Crippen molar-refractivity contribution < 1.29 is 9.59 Å². The molecule has 24 heavy (non-hydrogen) atoms. The van der Waals surface area contributed by atoms with Crippen LogP contribution in [-0.4, -0.2) is 67.0 Å². The first-order valence-corrected chi connectivity index (χ1v) is 9.46. The molecule has 1 unspecified atom stereocenters. The summed E-state index contributed by atoms with van der Waals surface area (Å²) in [5.74, 6) is 0.795. The minimum absolute atomic E-state index is 0.0298. The van der Waals surface area contributed by atoms with Crippen molar-refractivity contribution in [1.82, 2.24) is 20.4 Å². The second-order valence-corrected chi connectivity index (χ2v) is 7.29. The normalized spacial score (nSPS) is 17.0. The molecule has 0 saturated carbocycles. The van der Waals surface area contributed by atoms with Gasteiger partial charge in [-0.3, -0.25) is 9.69 Å². The maximum atomic E-state index is 12.3. The standard InChI is InChI=1S/C18H36N4O2/c1-5-9-19-17(23)14-21-10-12-22(13-11-21)18(24)20-16(4)8-6-7-15(2)3/h15-16H,5-14H2,1-4H3,(H,19,23)(H,20,24). The summed E-state index contributed by atoms with van der Waals surface area (Å²) >= 11 is 0. The van der Waals surface area contributed by atoms with Crippen LogP contribution in [0.5, 0.6) is 0 Å². The van der Waals surface area contributed by atoms with Gasteiger partial charge in [0, 0.05) is 38.8 Å². The molecule has 6 heteroatoms. The maximum Gasteiger partial charge on any atom is 0.317 e. The number of nitrogens with zero attached hydrogens (tertiary/aromatic N) is 2. The van der Waals surface area contributed by atoms with Crippen LogP contribution in [0, 0.1) is 5.92 Å². The largest absolute Gasteiger partial charge is 0.355 e. The summed E-state index contributed by atoms with van der Waals surface area (Å²) in [7, 11) is 0. The van der Waals surface area contributed by atoms with Crippen LogP contribution in [0.1, 0.15) is 53.4 Å². The number of amides is 3. The summed E-state index contributed by atoms with van der Waals surface area (Å²) < 4.78 is 0. The second-order valence-electron chi connectivity index (χ2n) is 7.29. The van der Waals surface area contributed by atoms with Gasteiger partial charge in [0.1, 0.15) is 0 Å². The van der Waals surface area contributed by atoms with E-state index < -0.39 is 0 Å². The van der Waals surface area contributed by atoms with Gasteiger partial charge < -0.3 is 15.5 Å². The Bertz CT molecular complexity index is 379. The van der Waals surface area contributed by atoms with Crippen molar-refractivity contribution in [1.29, 1.82) is 0 Å². The van der Waals surface area contributed by atoms with Gasteiger partial charge in [0.2, 0.25) is 5.91 Å². The second kappa shape index (κ2) is 11.3. The Balaban J connectivity index is 2.21. The zero-order valence-electron chi connectivity index (χ0n) is 15.9. The van der Waals surface area contributed by atoms with Crippen LogP contribution < -0.4 is 10.6 Å². The van der Waals surface area contributed by atoms with E-state index in [1.165, 1.54) is 6.42 Å². The van der Waals surface area contributed by atoms with E-state index in [2.05, 4.69) is 36.3 Å². The summed E-state index contributed by atoms with van der Waals surface area (Å²) in [6.07, 6.45) is 4.34. The van der Waals surface area contributed by atoms with Crippen molar-refractivity contribution in [3.8, 4) is 0 Å². The molecule has 1 saturated heterocycles. The highest BCUT2D eigenvalue weighted by atomic mass is 16.2. The first kappa shape index (κ1) is 20.7. The van der Waals surface area contributed by atoms with Crippen LogP contribution in [0.3, 0.4) is 0 Å². The molecule has 0 radical (unpaired) electrons. The lowest BCUT2D eigenvalue weighted by Crippen LogP contribution is -2.54. The van der Waals surface area contributed by atoms with E-state index >= 15 is 0 Å². The Morgan fingerprint density at radius 1 is 1.04 bits per heavy atom. The number of carbonyl (C=O) groups is 2. The van der Waals surface area contributed by atoms with Gasteiger partial charge in [0.15, 0.2) is 0 Å². The molecule has 1 aliphatic rings. The van der Waals surface area contributed by atoms with Crippen molar-refractivity contribution in [3.63, 3.8) is 0 Å².